The summed E-state index contributed by atoms with van der Waals surface area (Å²) in [7, 11) is 1.47. The highest BCUT2D eigenvalue weighted by Gasteiger charge is 2.15. The smallest absolute Gasteiger partial charge is 0.282 e. The van der Waals surface area contributed by atoms with Crippen LogP contribution in [0.25, 0.3) is 10.9 Å². The van der Waals surface area contributed by atoms with Crippen LogP contribution in [0.15, 0.2) is 81.6 Å². The first kappa shape index (κ1) is 26.7. The first-order valence-corrected chi connectivity index (χ1v) is 12.3. The summed E-state index contributed by atoms with van der Waals surface area (Å²) >= 11 is 3.38. The van der Waals surface area contributed by atoms with Crippen LogP contribution < -0.4 is 20.3 Å². The van der Waals surface area contributed by atoms with E-state index in [4.69, 9.17) is 9.47 Å². The molecule has 0 fully saturated rings. The largest absolute Gasteiger partial charge is 0.493 e. The number of methoxy groups -OCH3 is 1. The summed E-state index contributed by atoms with van der Waals surface area (Å²) in [5.41, 5.74) is 1.65. The zero-order valence-corrected chi connectivity index (χ0v) is 22.3. The van der Waals surface area contributed by atoms with Gasteiger partial charge in [-0.1, -0.05) is 34.1 Å². The minimum absolute atomic E-state index is 0.0620. The standard InChI is InChI=1S/C28H24BrFN4O4/c1-4-7-19-12-18(15-31-34-17(2)32-23-11-10-20(29)14-21(23)28(34)36)13-25(37-3)27(19)38-16-26(35)33-24-9-6-5-8-22(24)30/h4-6,8-15H,1,7,16H2,2-3H3,(H,33,35). The van der Waals surface area contributed by atoms with E-state index in [0.29, 0.717) is 45.8 Å². The Morgan fingerprint density at radius 2 is 2.03 bits per heavy atom. The molecule has 0 aliphatic heterocycles. The molecule has 1 N–H and O–H groups in total. The number of ether oxygens (including phenoxy) is 2. The summed E-state index contributed by atoms with van der Waals surface area (Å²) in [4.78, 5) is 29.9. The van der Waals surface area contributed by atoms with Crippen molar-refractivity contribution >= 4 is 44.6 Å². The number of aryl methyl sites for hydroxylation is 1. The van der Waals surface area contributed by atoms with E-state index in [-0.39, 0.29) is 17.9 Å². The van der Waals surface area contributed by atoms with Crippen LogP contribution in [0.4, 0.5) is 10.1 Å². The zero-order chi connectivity index (χ0) is 27.2. The third kappa shape index (κ3) is 5.97. The summed E-state index contributed by atoms with van der Waals surface area (Å²) in [6, 6.07) is 14.6. The summed E-state index contributed by atoms with van der Waals surface area (Å²) in [5, 5.41) is 7.29. The van der Waals surface area contributed by atoms with E-state index in [0.717, 1.165) is 4.47 Å². The molecule has 0 unspecified atom stereocenters. The fraction of sp³-hybridized carbons (Fsp3) is 0.143. The average Bonchev–Trinajstić information content (AvgIpc) is 2.89. The summed E-state index contributed by atoms with van der Waals surface area (Å²) in [5.74, 6) is 0.0590. The number of carbonyl (C=O) groups is 1. The quantitative estimate of drug-likeness (QED) is 0.216. The summed E-state index contributed by atoms with van der Waals surface area (Å²) in [6.45, 7) is 5.12. The molecule has 38 heavy (non-hydrogen) atoms. The zero-order valence-electron chi connectivity index (χ0n) is 20.7. The maximum absolute atomic E-state index is 13.9. The minimum atomic E-state index is -0.544. The van der Waals surface area contributed by atoms with Crippen molar-refractivity contribution in [2.75, 3.05) is 19.0 Å². The Morgan fingerprint density at radius 1 is 1.24 bits per heavy atom. The van der Waals surface area contributed by atoms with Crippen LogP contribution in [0, 0.1) is 12.7 Å². The molecule has 0 spiro atoms. The van der Waals surface area contributed by atoms with E-state index in [9.17, 15) is 14.0 Å². The molecule has 8 nitrogen and oxygen atoms in total. The number of nitrogens with one attached hydrogen (secondary N) is 1. The molecule has 3 aromatic carbocycles. The minimum Gasteiger partial charge on any atom is -0.493 e. The van der Waals surface area contributed by atoms with E-state index in [1.165, 1.54) is 36.2 Å². The third-order valence-corrected chi connectivity index (χ3v) is 6.02. The number of hydrogen-bond donors (Lipinski definition) is 1. The second-order valence-corrected chi connectivity index (χ2v) is 9.12. The molecule has 194 valence electrons. The average molecular weight is 579 g/mol. The van der Waals surface area contributed by atoms with Crippen LogP contribution in [0.3, 0.4) is 0 Å². The number of rotatable bonds is 9. The predicted molar refractivity (Wildman–Crippen MR) is 149 cm³/mol. The van der Waals surface area contributed by atoms with Crippen molar-refractivity contribution in [2.24, 2.45) is 5.10 Å². The molecular formula is C28H24BrFN4O4. The van der Waals surface area contributed by atoms with Gasteiger partial charge < -0.3 is 14.8 Å². The lowest BCUT2D eigenvalue weighted by molar-refractivity contribution is -0.118. The van der Waals surface area contributed by atoms with Crippen LogP contribution in [0.1, 0.15) is 17.0 Å². The molecule has 0 aliphatic carbocycles. The number of para-hydroxylation sites is 1. The van der Waals surface area contributed by atoms with Crippen molar-refractivity contribution in [2.45, 2.75) is 13.3 Å². The van der Waals surface area contributed by atoms with E-state index in [2.05, 4.69) is 37.9 Å². The van der Waals surface area contributed by atoms with Crippen molar-refractivity contribution < 1.29 is 18.7 Å². The lowest BCUT2D eigenvalue weighted by atomic mass is 10.1. The highest BCUT2D eigenvalue weighted by molar-refractivity contribution is 9.10. The Kier molecular flexibility index (Phi) is 8.32. The number of hydrogen-bond acceptors (Lipinski definition) is 6. The Morgan fingerprint density at radius 3 is 2.76 bits per heavy atom. The highest BCUT2D eigenvalue weighted by atomic mass is 79.9. The molecule has 1 amide bonds. The van der Waals surface area contributed by atoms with Gasteiger partial charge in [-0.05, 0) is 61.4 Å². The highest BCUT2D eigenvalue weighted by Crippen LogP contribution is 2.33. The van der Waals surface area contributed by atoms with Gasteiger partial charge in [0, 0.05) is 10.0 Å². The lowest BCUT2D eigenvalue weighted by Gasteiger charge is -2.16. The molecule has 0 atom stereocenters. The van der Waals surface area contributed by atoms with Gasteiger partial charge in [0.05, 0.1) is 29.9 Å². The molecule has 4 rings (SSSR count). The van der Waals surface area contributed by atoms with Crippen molar-refractivity contribution in [3.05, 3.63) is 105 Å². The van der Waals surface area contributed by atoms with Crippen LogP contribution >= 0.6 is 15.9 Å². The van der Waals surface area contributed by atoms with Crippen molar-refractivity contribution in [3.8, 4) is 11.5 Å². The van der Waals surface area contributed by atoms with Crippen molar-refractivity contribution in [1.82, 2.24) is 9.66 Å². The van der Waals surface area contributed by atoms with Gasteiger partial charge in [-0.2, -0.15) is 9.78 Å². The number of halogens is 2. The normalized spacial score (nSPS) is 11.1. The molecule has 4 aromatic rings. The predicted octanol–water partition coefficient (Wildman–Crippen LogP) is 5.24. The molecular weight excluding hydrogens is 555 g/mol. The van der Waals surface area contributed by atoms with Gasteiger partial charge in [0.15, 0.2) is 18.1 Å². The number of amides is 1. The number of fused-ring (bicyclic) bond motifs is 1. The van der Waals surface area contributed by atoms with Crippen LogP contribution in [0.2, 0.25) is 0 Å². The first-order valence-electron chi connectivity index (χ1n) is 11.5. The van der Waals surface area contributed by atoms with Gasteiger partial charge in [-0.15, -0.1) is 6.58 Å². The molecule has 0 radical (unpaired) electrons. The SMILES string of the molecule is C=CCc1cc(C=Nn2c(C)nc3ccc(Br)cc3c2=O)cc(OC)c1OCC(=O)Nc1ccccc1F. The van der Waals surface area contributed by atoms with E-state index < -0.39 is 11.7 Å². The van der Waals surface area contributed by atoms with Crippen molar-refractivity contribution in [1.29, 1.82) is 0 Å². The van der Waals surface area contributed by atoms with Gasteiger partial charge in [-0.3, -0.25) is 9.59 Å². The first-order chi connectivity index (χ1) is 18.3. The maximum atomic E-state index is 13.9. The molecule has 0 bridgehead atoms. The Hall–Kier alpha value is -4.31. The Balaban J connectivity index is 1.61. The summed E-state index contributed by atoms with van der Waals surface area (Å²) in [6.07, 6.45) is 3.61. The van der Waals surface area contributed by atoms with Crippen LogP contribution in [-0.2, 0) is 11.2 Å². The van der Waals surface area contributed by atoms with E-state index in [1.54, 1.807) is 43.3 Å². The molecule has 1 heterocycles. The fourth-order valence-electron chi connectivity index (χ4n) is 3.79. The number of carbonyl (C=O) groups excluding carboxylic acids is 1. The van der Waals surface area contributed by atoms with Crippen molar-refractivity contribution in [3.63, 3.8) is 0 Å². The second kappa shape index (κ2) is 11.8. The third-order valence-electron chi connectivity index (χ3n) is 5.53. The van der Waals surface area contributed by atoms with Gasteiger partial charge >= 0.3 is 0 Å². The van der Waals surface area contributed by atoms with Gasteiger partial charge in [-0.25, -0.2) is 9.37 Å². The number of allylic oxidation sites excluding steroid dienone is 1. The van der Waals surface area contributed by atoms with Crippen LogP contribution in [0.5, 0.6) is 11.5 Å². The van der Waals surface area contributed by atoms with E-state index >= 15 is 0 Å². The molecule has 10 heteroatoms. The number of aromatic nitrogens is 2. The summed E-state index contributed by atoms with van der Waals surface area (Å²) < 4.78 is 27.1. The maximum Gasteiger partial charge on any atom is 0.282 e. The Labute approximate surface area is 226 Å². The number of benzene rings is 3. The second-order valence-electron chi connectivity index (χ2n) is 8.20. The molecule has 1 aromatic heterocycles. The number of nitrogens with zero attached hydrogens (tertiary/aromatic N) is 3. The van der Waals surface area contributed by atoms with Gasteiger partial charge in [0.1, 0.15) is 11.6 Å². The van der Waals surface area contributed by atoms with Crippen LogP contribution in [-0.4, -0.2) is 35.5 Å². The Bertz CT molecular complexity index is 1620. The van der Waals surface area contributed by atoms with E-state index in [1.807, 2.05) is 6.07 Å². The monoisotopic (exact) mass is 578 g/mol. The molecule has 0 saturated heterocycles. The number of anilines is 1. The van der Waals surface area contributed by atoms with Gasteiger partial charge in [0.25, 0.3) is 11.5 Å². The lowest BCUT2D eigenvalue weighted by Crippen LogP contribution is -2.21. The topological polar surface area (TPSA) is 94.8 Å². The molecule has 0 aliphatic rings. The fourth-order valence-corrected chi connectivity index (χ4v) is 4.15. The molecule has 0 saturated carbocycles. The van der Waals surface area contributed by atoms with Gasteiger partial charge in [0.2, 0.25) is 0 Å².